The van der Waals surface area contributed by atoms with Gasteiger partial charge in [-0.25, -0.2) is 4.39 Å². The summed E-state index contributed by atoms with van der Waals surface area (Å²) < 4.78 is 19.1. The number of hydrogen-bond acceptors (Lipinski definition) is 2. The fourth-order valence-electron chi connectivity index (χ4n) is 1.65. The number of halogens is 2. The Morgan fingerprint density at radius 3 is 2.80 bits per heavy atom. The Kier molecular flexibility index (Phi) is 2.34. The Morgan fingerprint density at radius 2 is 2.13 bits per heavy atom. The quantitative estimate of drug-likeness (QED) is 0.724. The molecular formula is C11H10BrFO2. The molecule has 1 aromatic carbocycles. The summed E-state index contributed by atoms with van der Waals surface area (Å²) in [5.41, 5.74) is -0.104. The molecular weight excluding hydrogens is 263 g/mol. The first-order valence-corrected chi connectivity index (χ1v) is 5.40. The predicted octanol–water partition coefficient (Wildman–Crippen LogP) is 3.33. The van der Waals surface area contributed by atoms with Gasteiger partial charge in [0.15, 0.2) is 5.78 Å². The summed E-state index contributed by atoms with van der Waals surface area (Å²) in [5.74, 6) is -0.0989. The van der Waals surface area contributed by atoms with Crippen LogP contribution in [0.1, 0.15) is 30.6 Å². The highest BCUT2D eigenvalue weighted by Gasteiger charge is 2.33. The monoisotopic (exact) mass is 272 g/mol. The SMILES string of the molecule is CC1(C)CC(=O)c2cc(Br)c(F)cc2O1. The summed E-state index contributed by atoms with van der Waals surface area (Å²) in [7, 11) is 0. The Bertz CT molecular complexity index is 440. The molecule has 1 aromatic rings. The molecule has 2 nitrogen and oxygen atoms in total. The van der Waals surface area contributed by atoms with Gasteiger partial charge in [0.05, 0.1) is 16.5 Å². The van der Waals surface area contributed by atoms with Gasteiger partial charge in [0.2, 0.25) is 0 Å². The number of carbonyl (C=O) groups excluding carboxylic acids is 1. The van der Waals surface area contributed by atoms with Crippen LogP contribution in [0.4, 0.5) is 4.39 Å². The number of rotatable bonds is 0. The minimum atomic E-state index is -0.551. The molecule has 0 aliphatic carbocycles. The third-order valence-corrected chi connectivity index (χ3v) is 2.90. The van der Waals surface area contributed by atoms with E-state index in [4.69, 9.17) is 4.74 Å². The molecule has 0 N–H and O–H groups in total. The van der Waals surface area contributed by atoms with Crippen molar-refractivity contribution in [3.05, 3.63) is 28.0 Å². The first-order valence-electron chi connectivity index (χ1n) is 4.60. The molecule has 0 amide bonds. The van der Waals surface area contributed by atoms with Crippen molar-refractivity contribution in [3.63, 3.8) is 0 Å². The van der Waals surface area contributed by atoms with E-state index in [1.807, 2.05) is 13.8 Å². The Morgan fingerprint density at radius 1 is 1.47 bits per heavy atom. The van der Waals surface area contributed by atoms with Crippen LogP contribution in [-0.2, 0) is 0 Å². The van der Waals surface area contributed by atoms with Gasteiger partial charge >= 0.3 is 0 Å². The zero-order valence-electron chi connectivity index (χ0n) is 8.43. The second-order valence-corrected chi connectivity index (χ2v) is 5.08. The average Bonchev–Trinajstić information content (AvgIpc) is 2.07. The van der Waals surface area contributed by atoms with Crippen LogP contribution >= 0.6 is 15.9 Å². The van der Waals surface area contributed by atoms with E-state index < -0.39 is 11.4 Å². The molecule has 1 aliphatic rings. The molecule has 0 unspecified atom stereocenters. The summed E-state index contributed by atoms with van der Waals surface area (Å²) in [6, 6.07) is 2.72. The van der Waals surface area contributed by atoms with Crippen LogP contribution in [0.2, 0.25) is 0 Å². The maximum atomic E-state index is 13.2. The van der Waals surface area contributed by atoms with Crippen LogP contribution < -0.4 is 4.74 Å². The second-order valence-electron chi connectivity index (χ2n) is 4.22. The normalized spacial score (nSPS) is 18.3. The van der Waals surface area contributed by atoms with E-state index in [1.54, 1.807) is 0 Å². The fraction of sp³-hybridized carbons (Fsp3) is 0.364. The van der Waals surface area contributed by atoms with Gasteiger partial charge < -0.3 is 4.74 Å². The molecule has 1 heterocycles. The molecule has 0 bridgehead atoms. The van der Waals surface area contributed by atoms with Crippen molar-refractivity contribution in [1.29, 1.82) is 0 Å². The lowest BCUT2D eigenvalue weighted by molar-refractivity contribution is 0.0618. The summed E-state index contributed by atoms with van der Waals surface area (Å²) in [6.45, 7) is 3.63. The standard InChI is InChI=1S/C11H10BrFO2/c1-11(2)5-9(14)6-3-7(12)8(13)4-10(6)15-11/h3-4H,5H2,1-2H3. The topological polar surface area (TPSA) is 26.3 Å². The van der Waals surface area contributed by atoms with E-state index in [9.17, 15) is 9.18 Å². The number of benzene rings is 1. The molecule has 0 atom stereocenters. The zero-order chi connectivity index (χ0) is 11.2. The van der Waals surface area contributed by atoms with Crippen LogP contribution in [0.15, 0.2) is 16.6 Å². The fourth-order valence-corrected chi connectivity index (χ4v) is 1.99. The second kappa shape index (κ2) is 3.30. The summed E-state index contributed by atoms with van der Waals surface area (Å²) >= 11 is 3.05. The van der Waals surface area contributed by atoms with Gasteiger partial charge in [-0.15, -0.1) is 0 Å². The molecule has 80 valence electrons. The number of ether oxygens (including phenoxy) is 1. The number of hydrogen-bond donors (Lipinski definition) is 0. The van der Waals surface area contributed by atoms with Gasteiger partial charge in [-0.2, -0.15) is 0 Å². The van der Waals surface area contributed by atoms with Gasteiger partial charge in [-0.1, -0.05) is 0 Å². The van der Waals surface area contributed by atoms with Gasteiger partial charge in [-0.3, -0.25) is 4.79 Å². The first-order chi connectivity index (χ1) is 6.89. The van der Waals surface area contributed by atoms with Crippen LogP contribution in [0, 0.1) is 5.82 Å². The molecule has 1 aliphatic heterocycles. The number of fused-ring (bicyclic) bond motifs is 1. The van der Waals surface area contributed by atoms with E-state index in [1.165, 1.54) is 12.1 Å². The van der Waals surface area contributed by atoms with E-state index in [2.05, 4.69) is 15.9 Å². The van der Waals surface area contributed by atoms with Crippen LogP contribution in [0.5, 0.6) is 5.75 Å². The lowest BCUT2D eigenvalue weighted by Crippen LogP contribution is -2.35. The highest BCUT2D eigenvalue weighted by molar-refractivity contribution is 9.10. The van der Waals surface area contributed by atoms with E-state index in [0.29, 0.717) is 17.7 Å². The number of ketones is 1. The Labute approximate surface area is 95.6 Å². The lowest BCUT2D eigenvalue weighted by Gasteiger charge is -2.31. The van der Waals surface area contributed by atoms with Gasteiger partial charge in [0.1, 0.15) is 17.2 Å². The van der Waals surface area contributed by atoms with E-state index >= 15 is 0 Å². The maximum absolute atomic E-state index is 13.2. The van der Waals surface area contributed by atoms with Crippen molar-refractivity contribution in [2.75, 3.05) is 0 Å². The summed E-state index contributed by atoms with van der Waals surface area (Å²) in [4.78, 5) is 11.7. The molecule has 0 aromatic heterocycles. The van der Waals surface area contributed by atoms with Crippen LogP contribution in [0.25, 0.3) is 0 Å². The highest BCUT2D eigenvalue weighted by Crippen LogP contribution is 2.35. The van der Waals surface area contributed by atoms with Crippen molar-refractivity contribution < 1.29 is 13.9 Å². The molecule has 4 heteroatoms. The summed E-state index contributed by atoms with van der Waals surface area (Å²) in [6.07, 6.45) is 0.318. The minimum Gasteiger partial charge on any atom is -0.487 e. The zero-order valence-corrected chi connectivity index (χ0v) is 10.0. The van der Waals surface area contributed by atoms with E-state index in [0.717, 1.165) is 0 Å². The first kappa shape index (κ1) is 10.6. The van der Waals surface area contributed by atoms with Crippen molar-refractivity contribution in [3.8, 4) is 5.75 Å². The smallest absolute Gasteiger partial charge is 0.170 e. The molecule has 0 radical (unpaired) electrons. The Balaban J connectivity index is 2.56. The number of carbonyl (C=O) groups is 1. The molecule has 0 fully saturated rings. The average molecular weight is 273 g/mol. The number of Topliss-reactive ketones (excluding diaryl/α,β-unsaturated/α-hetero) is 1. The molecule has 0 spiro atoms. The lowest BCUT2D eigenvalue weighted by atomic mass is 9.93. The third kappa shape index (κ3) is 1.91. The largest absolute Gasteiger partial charge is 0.487 e. The van der Waals surface area contributed by atoms with Gasteiger partial charge in [-0.05, 0) is 35.8 Å². The predicted molar refractivity (Wildman–Crippen MR) is 57.8 cm³/mol. The molecule has 0 saturated carbocycles. The maximum Gasteiger partial charge on any atom is 0.170 e. The Hall–Kier alpha value is -0.900. The minimum absolute atomic E-state index is 0.0121. The van der Waals surface area contributed by atoms with Crippen LogP contribution in [-0.4, -0.2) is 11.4 Å². The summed E-state index contributed by atoms with van der Waals surface area (Å²) in [5, 5.41) is 0. The van der Waals surface area contributed by atoms with Crippen molar-refractivity contribution in [1.82, 2.24) is 0 Å². The van der Waals surface area contributed by atoms with Crippen molar-refractivity contribution in [2.24, 2.45) is 0 Å². The van der Waals surface area contributed by atoms with Crippen molar-refractivity contribution in [2.45, 2.75) is 25.9 Å². The molecule has 0 saturated heterocycles. The van der Waals surface area contributed by atoms with E-state index in [-0.39, 0.29) is 10.3 Å². The van der Waals surface area contributed by atoms with Crippen molar-refractivity contribution >= 4 is 21.7 Å². The third-order valence-electron chi connectivity index (χ3n) is 2.30. The van der Waals surface area contributed by atoms with Crippen LogP contribution in [0.3, 0.4) is 0 Å². The molecule has 15 heavy (non-hydrogen) atoms. The highest BCUT2D eigenvalue weighted by atomic mass is 79.9. The molecule has 2 rings (SSSR count). The van der Waals surface area contributed by atoms with Gasteiger partial charge in [0, 0.05) is 6.07 Å². The van der Waals surface area contributed by atoms with Gasteiger partial charge in [0.25, 0.3) is 0 Å².